The molecule has 4 aromatic rings. The van der Waals surface area contributed by atoms with E-state index >= 15 is 0 Å². The van der Waals surface area contributed by atoms with E-state index in [1.807, 2.05) is 65.3 Å². The number of halogens is 1. The number of fused-ring (bicyclic) bond motifs is 1. The van der Waals surface area contributed by atoms with Gasteiger partial charge in [-0.05, 0) is 92.9 Å². The average molecular weight is 614 g/mol. The summed E-state index contributed by atoms with van der Waals surface area (Å²) in [5, 5.41) is 20.2. The van der Waals surface area contributed by atoms with Gasteiger partial charge in [0.2, 0.25) is 0 Å². The van der Waals surface area contributed by atoms with Crippen molar-refractivity contribution in [1.29, 1.82) is 0 Å². The number of rotatable bonds is 8. The molecule has 0 amide bonds. The van der Waals surface area contributed by atoms with Crippen LogP contribution >= 0.6 is 11.6 Å². The van der Waals surface area contributed by atoms with E-state index in [2.05, 4.69) is 16.3 Å². The van der Waals surface area contributed by atoms with Crippen LogP contribution in [-0.2, 0) is 16.8 Å². The lowest BCUT2D eigenvalue weighted by Gasteiger charge is -2.39. The maximum absolute atomic E-state index is 13.0. The number of anilines is 1. The van der Waals surface area contributed by atoms with Crippen molar-refractivity contribution in [2.75, 3.05) is 37.7 Å². The van der Waals surface area contributed by atoms with Crippen molar-refractivity contribution in [3.05, 3.63) is 94.4 Å². The molecule has 9 heteroatoms. The third-order valence-corrected chi connectivity index (χ3v) is 10.2. The fourth-order valence-corrected chi connectivity index (χ4v) is 7.38. The maximum Gasteiger partial charge on any atom is 0.178 e. The Morgan fingerprint density at radius 3 is 2.52 bits per heavy atom. The summed E-state index contributed by atoms with van der Waals surface area (Å²) < 4.78 is 8.05. The zero-order valence-corrected chi connectivity index (χ0v) is 25.8. The molecule has 5 heterocycles. The number of ether oxygens (including phenoxy) is 1. The van der Waals surface area contributed by atoms with Crippen molar-refractivity contribution in [2.24, 2.45) is 5.92 Å². The number of ketones is 1. The quantitative estimate of drug-likeness (QED) is 0.251. The molecule has 230 valence electrons. The SMILES string of the molecule is O=C(CCC1COC2(CCNCC2)C1)c1ccc(Cc2nc3c(N4CCC(O)(c5ccc(Cl)cc5)CC4)cccn3n2)cc1. The number of pyridine rings is 1. The Hall–Kier alpha value is -3.30. The van der Waals surface area contributed by atoms with E-state index in [4.69, 9.17) is 26.4 Å². The van der Waals surface area contributed by atoms with Crippen LogP contribution in [0.5, 0.6) is 0 Å². The number of piperidine rings is 2. The molecule has 0 radical (unpaired) electrons. The molecule has 0 saturated carbocycles. The first-order valence-electron chi connectivity index (χ1n) is 15.9. The number of aromatic nitrogens is 3. The van der Waals surface area contributed by atoms with Gasteiger partial charge in [0.25, 0.3) is 0 Å². The molecule has 3 aliphatic rings. The van der Waals surface area contributed by atoms with Crippen LogP contribution in [0.4, 0.5) is 5.69 Å². The lowest BCUT2D eigenvalue weighted by atomic mass is 9.84. The monoisotopic (exact) mass is 613 g/mol. The fraction of sp³-hybridized carbons (Fsp3) is 0.457. The molecule has 44 heavy (non-hydrogen) atoms. The largest absolute Gasteiger partial charge is 0.385 e. The fourth-order valence-electron chi connectivity index (χ4n) is 7.25. The summed E-state index contributed by atoms with van der Waals surface area (Å²) in [6.45, 7) is 4.26. The van der Waals surface area contributed by atoms with E-state index in [0.717, 1.165) is 79.2 Å². The molecule has 7 rings (SSSR count). The van der Waals surface area contributed by atoms with Gasteiger partial charge in [-0.3, -0.25) is 4.79 Å². The predicted molar refractivity (Wildman–Crippen MR) is 171 cm³/mol. The lowest BCUT2D eigenvalue weighted by molar-refractivity contribution is -0.0197. The topological polar surface area (TPSA) is 92.0 Å². The molecule has 1 atom stereocenters. The van der Waals surface area contributed by atoms with E-state index < -0.39 is 5.60 Å². The van der Waals surface area contributed by atoms with Gasteiger partial charge in [0.05, 0.1) is 23.5 Å². The molecule has 0 bridgehead atoms. The Balaban J connectivity index is 0.959. The van der Waals surface area contributed by atoms with E-state index in [1.54, 1.807) is 0 Å². The lowest BCUT2D eigenvalue weighted by Crippen LogP contribution is -2.42. The Bertz CT molecular complexity index is 1610. The van der Waals surface area contributed by atoms with E-state index in [-0.39, 0.29) is 11.4 Å². The van der Waals surface area contributed by atoms with Gasteiger partial charge in [-0.1, -0.05) is 48.0 Å². The molecule has 1 unspecified atom stereocenters. The normalized spacial score (nSPS) is 21.2. The molecule has 2 aromatic heterocycles. The van der Waals surface area contributed by atoms with Crippen LogP contribution in [0.3, 0.4) is 0 Å². The van der Waals surface area contributed by atoms with Crippen molar-refractivity contribution >= 4 is 28.7 Å². The van der Waals surface area contributed by atoms with Crippen LogP contribution in [0.2, 0.25) is 5.02 Å². The van der Waals surface area contributed by atoms with Crippen LogP contribution in [0.1, 0.15) is 72.3 Å². The third-order valence-electron chi connectivity index (χ3n) is 9.92. The molecule has 3 aliphatic heterocycles. The molecule has 3 saturated heterocycles. The Kier molecular flexibility index (Phi) is 8.18. The number of hydrogen-bond donors (Lipinski definition) is 2. The first-order chi connectivity index (χ1) is 21.4. The molecule has 2 N–H and O–H groups in total. The van der Waals surface area contributed by atoms with E-state index in [9.17, 15) is 9.90 Å². The Morgan fingerprint density at radius 2 is 1.77 bits per heavy atom. The molecule has 3 fully saturated rings. The summed E-state index contributed by atoms with van der Waals surface area (Å²) in [6, 6.07) is 19.5. The second kappa shape index (κ2) is 12.2. The first-order valence-corrected chi connectivity index (χ1v) is 16.3. The summed E-state index contributed by atoms with van der Waals surface area (Å²) >= 11 is 6.06. The zero-order valence-electron chi connectivity index (χ0n) is 25.1. The van der Waals surface area contributed by atoms with Gasteiger partial charge in [0.1, 0.15) is 0 Å². The van der Waals surface area contributed by atoms with Crippen molar-refractivity contribution in [2.45, 2.75) is 62.6 Å². The molecule has 0 aliphatic carbocycles. The summed E-state index contributed by atoms with van der Waals surface area (Å²) in [7, 11) is 0. The van der Waals surface area contributed by atoms with Crippen LogP contribution in [0.25, 0.3) is 5.65 Å². The summed E-state index contributed by atoms with van der Waals surface area (Å²) in [5.74, 6) is 1.41. The number of aliphatic hydroxyl groups is 1. The van der Waals surface area contributed by atoms with Gasteiger partial charge in [0.15, 0.2) is 17.3 Å². The molecule has 2 aromatic carbocycles. The number of hydrogen-bond acceptors (Lipinski definition) is 7. The van der Waals surface area contributed by atoms with Crippen molar-refractivity contribution < 1.29 is 14.6 Å². The highest BCUT2D eigenvalue weighted by molar-refractivity contribution is 6.30. The molecule has 8 nitrogen and oxygen atoms in total. The van der Waals surface area contributed by atoms with Crippen molar-refractivity contribution in [3.8, 4) is 0 Å². The molecular formula is C35H40ClN5O3. The van der Waals surface area contributed by atoms with Gasteiger partial charge < -0.3 is 20.1 Å². The van der Waals surface area contributed by atoms with Crippen LogP contribution < -0.4 is 10.2 Å². The van der Waals surface area contributed by atoms with Crippen molar-refractivity contribution in [3.63, 3.8) is 0 Å². The minimum Gasteiger partial charge on any atom is -0.385 e. The van der Waals surface area contributed by atoms with E-state index in [1.165, 1.54) is 0 Å². The van der Waals surface area contributed by atoms with Gasteiger partial charge in [-0.15, -0.1) is 0 Å². The average Bonchev–Trinajstić information content (AvgIpc) is 3.64. The highest BCUT2D eigenvalue weighted by atomic mass is 35.5. The van der Waals surface area contributed by atoms with E-state index in [0.29, 0.717) is 49.7 Å². The van der Waals surface area contributed by atoms with Crippen LogP contribution in [0.15, 0.2) is 66.9 Å². The predicted octanol–water partition coefficient (Wildman–Crippen LogP) is 5.58. The summed E-state index contributed by atoms with van der Waals surface area (Å²) in [5.41, 5.74) is 3.76. The van der Waals surface area contributed by atoms with Crippen LogP contribution in [0, 0.1) is 5.92 Å². The summed E-state index contributed by atoms with van der Waals surface area (Å²) in [6.07, 6.45) is 8.44. The minimum absolute atomic E-state index is 0.0461. The van der Waals surface area contributed by atoms with Crippen molar-refractivity contribution in [1.82, 2.24) is 19.9 Å². The standard InChI is InChI=1S/C35H40ClN5O3/c36-29-10-8-28(9-11-29)35(43)15-20-40(21-16-35)30-2-1-19-41-33(30)38-32(39-41)22-25-3-6-27(7-4-25)31(42)12-5-26-23-34(44-24-26)13-17-37-18-14-34/h1-4,6-11,19,26,37,43H,5,12-18,20-24H2. The summed E-state index contributed by atoms with van der Waals surface area (Å²) in [4.78, 5) is 20.2. The minimum atomic E-state index is -0.862. The second-order valence-electron chi connectivity index (χ2n) is 12.9. The third kappa shape index (κ3) is 6.13. The molecular weight excluding hydrogens is 574 g/mol. The smallest absolute Gasteiger partial charge is 0.178 e. The highest BCUT2D eigenvalue weighted by Gasteiger charge is 2.41. The number of Topliss-reactive ketones (excluding diaryl/α,β-unsaturated/α-hetero) is 1. The van der Waals surface area contributed by atoms with Gasteiger partial charge in [0, 0.05) is 42.7 Å². The van der Waals surface area contributed by atoms with Gasteiger partial charge in [-0.25, -0.2) is 9.50 Å². The Labute approximate surface area is 263 Å². The number of nitrogens with one attached hydrogen (secondary N) is 1. The Morgan fingerprint density at radius 1 is 1.02 bits per heavy atom. The first kappa shape index (κ1) is 29.4. The number of benzene rings is 2. The number of nitrogens with zero attached hydrogens (tertiary/aromatic N) is 4. The maximum atomic E-state index is 13.0. The van der Waals surface area contributed by atoms with Crippen LogP contribution in [-0.4, -0.2) is 63.9 Å². The second-order valence-corrected chi connectivity index (χ2v) is 13.3. The number of carbonyl (C=O) groups excluding carboxylic acids is 1. The molecule has 1 spiro atoms. The highest BCUT2D eigenvalue weighted by Crippen LogP contribution is 2.39. The number of carbonyl (C=O) groups is 1. The zero-order chi connectivity index (χ0) is 30.1. The van der Waals surface area contributed by atoms with Gasteiger partial charge in [-0.2, -0.15) is 5.10 Å². The van der Waals surface area contributed by atoms with Gasteiger partial charge >= 0.3 is 0 Å².